The first-order valence-corrected chi connectivity index (χ1v) is 6.49. The molecule has 0 atom stereocenters. The first-order valence-electron chi connectivity index (χ1n) is 4.88. The van der Waals surface area contributed by atoms with Crippen molar-refractivity contribution in [1.82, 2.24) is 4.98 Å². The van der Waals surface area contributed by atoms with Crippen LogP contribution in [-0.2, 0) is 0 Å². The van der Waals surface area contributed by atoms with Gasteiger partial charge in [0.05, 0.1) is 0 Å². The number of halogens is 1. The van der Waals surface area contributed by atoms with E-state index in [1.807, 2.05) is 24.3 Å². The Morgan fingerprint density at radius 3 is 2.88 bits per heavy atom. The smallest absolute Gasteiger partial charge is 0.124 e. The number of benzene rings is 1. The fourth-order valence-electron chi connectivity index (χ4n) is 1.34. The van der Waals surface area contributed by atoms with Crippen molar-refractivity contribution in [3.63, 3.8) is 0 Å². The molecule has 0 radical (unpaired) electrons. The molecule has 0 saturated carbocycles. The molecular weight excluding hydrogens is 298 g/mol. The van der Waals surface area contributed by atoms with Crippen LogP contribution in [0.3, 0.4) is 0 Å². The predicted molar refractivity (Wildman–Crippen MR) is 73.5 cm³/mol. The Morgan fingerprint density at radius 1 is 1.35 bits per heavy atom. The first kappa shape index (κ1) is 12.1. The van der Waals surface area contributed by atoms with Gasteiger partial charge in [-0.1, -0.05) is 33.8 Å². The van der Waals surface area contributed by atoms with Gasteiger partial charge in [0, 0.05) is 32.2 Å². The number of amidine groups is 1. The summed E-state index contributed by atoms with van der Waals surface area (Å²) in [7, 11) is 0. The number of nitrogens with one attached hydrogen (secondary N) is 1. The Morgan fingerprint density at radius 2 is 2.18 bits per heavy atom. The third-order valence-corrected chi connectivity index (χ3v) is 3.63. The van der Waals surface area contributed by atoms with Gasteiger partial charge in [-0.05, 0) is 24.3 Å². The van der Waals surface area contributed by atoms with Gasteiger partial charge in [0.25, 0.3) is 0 Å². The van der Waals surface area contributed by atoms with Gasteiger partial charge in [0.15, 0.2) is 0 Å². The third kappa shape index (κ3) is 3.08. The van der Waals surface area contributed by atoms with E-state index in [9.17, 15) is 0 Å². The minimum atomic E-state index is 0.0601. The van der Waals surface area contributed by atoms with E-state index in [0.29, 0.717) is 5.56 Å². The zero-order valence-electron chi connectivity index (χ0n) is 8.85. The SMILES string of the molecule is N=C(N)c1ccncc1Sc1cccc(Br)c1. The minimum absolute atomic E-state index is 0.0601. The van der Waals surface area contributed by atoms with Crippen LogP contribution in [0.25, 0.3) is 0 Å². The van der Waals surface area contributed by atoms with Crippen LogP contribution in [0.5, 0.6) is 0 Å². The highest BCUT2D eigenvalue weighted by Gasteiger charge is 2.06. The van der Waals surface area contributed by atoms with Crippen molar-refractivity contribution in [3.05, 3.63) is 52.8 Å². The van der Waals surface area contributed by atoms with Crippen molar-refractivity contribution in [1.29, 1.82) is 5.41 Å². The highest BCUT2D eigenvalue weighted by molar-refractivity contribution is 9.10. The van der Waals surface area contributed by atoms with Gasteiger partial charge in [-0.3, -0.25) is 10.4 Å². The van der Waals surface area contributed by atoms with Gasteiger partial charge in [0.2, 0.25) is 0 Å². The summed E-state index contributed by atoms with van der Waals surface area (Å²) in [4.78, 5) is 6.03. The molecule has 17 heavy (non-hydrogen) atoms. The van der Waals surface area contributed by atoms with Crippen LogP contribution in [0.4, 0.5) is 0 Å². The summed E-state index contributed by atoms with van der Waals surface area (Å²) < 4.78 is 1.02. The number of nitrogens with two attached hydrogens (primary N) is 1. The maximum atomic E-state index is 7.51. The predicted octanol–water partition coefficient (Wildman–Crippen LogP) is 3.28. The lowest BCUT2D eigenvalue weighted by molar-refractivity contribution is 1.20. The van der Waals surface area contributed by atoms with E-state index in [1.165, 1.54) is 0 Å². The normalized spacial score (nSPS) is 10.2. The second-order valence-electron chi connectivity index (χ2n) is 3.34. The zero-order valence-corrected chi connectivity index (χ0v) is 11.3. The number of nitrogens with zero attached hydrogens (tertiary/aromatic N) is 1. The molecule has 3 N–H and O–H groups in total. The summed E-state index contributed by atoms with van der Waals surface area (Å²) >= 11 is 4.97. The largest absolute Gasteiger partial charge is 0.384 e. The van der Waals surface area contributed by atoms with Crippen LogP contribution < -0.4 is 5.73 Å². The van der Waals surface area contributed by atoms with Gasteiger partial charge in [-0.15, -0.1) is 0 Å². The molecule has 1 aromatic heterocycles. The molecule has 0 amide bonds. The molecule has 0 aliphatic carbocycles. The molecule has 0 aliphatic heterocycles. The second-order valence-corrected chi connectivity index (χ2v) is 5.38. The van der Waals surface area contributed by atoms with E-state index in [-0.39, 0.29) is 5.84 Å². The standard InChI is InChI=1S/C12H10BrN3S/c13-8-2-1-3-9(6-8)17-11-7-16-5-4-10(11)12(14)15/h1-7H,(H3,14,15). The lowest BCUT2D eigenvalue weighted by Crippen LogP contribution is -2.12. The fourth-order valence-corrected chi connectivity index (χ4v) is 2.88. The molecule has 2 rings (SSSR count). The van der Waals surface area contributed by atoms with Crippen molar-refractivity contribution in [3.8, 4) is 0 Å². The summed E-state index contributed by atoms with van der Waals surface area (Å²) in [6.45, 7) is 0. The summed E-state index contributed by atoms with van der Waals surface area (Å²) in [6.07, 6.45) is 3.37. The topological polar surface area (TPSA) is 62.8 Å². The highest BCUT2D eigenvalue weighted by Crippen LogP contribution is 2.31. The molecule has 86 valence electrons. The van der Waals surface area contributed by atoms with Crippen LogP contribution in [0, 0.1) is 5.41 Å². The molecule has 0 bridgehead atoms. The second kappa shape index (κ2) is 5.33. The molecule has 3 nitrogen and oxygen atoms in total. The molecule has 1 aromatic carbocycles. The van der Waals surface area contributed by atoms with Crippen LogP contribution in [0.2, 0.25) is 0 Å². The minimum Gasteiger partial charge on any atom is -0.384 e. The first-order chi connectivity index (χ1) is 8.16. The van der Waals surface area contributed by atoms with Crippen LogP contribution >= 0.6 is 27.7 Å². The van der Waals surface area contributed by atoms with Crippen molar-refractivity contribution >= 4 is 33.5 Å². The summed E-state index contributed by atoms with van der Waals surface area (Å²) in [5.41, 5.74) is 6.24. The van der Waals surface area contributed by atoms with Gasteiger partial charge in [0.1, 0.15) is 5.84 Å². The molecule has 0 aliphatic rings. The zero-order chi connectivity index (χ0) is 12.3. The highest BCUT2D eigenvalue weighted by atomic mass is 79.9. The van der Waals surface area contributed by atoms with Crippen LogP contribution in [0.1, 0.15) is 5.56 Å². The lowest BCUT2D eigenvalue weighted by atomic mass is 10.2. The average Bonchev–Trinajstić information content (AvgIpc) is 2.29. The van der Waals surface area contributed by atoms with E-state index in [1.54, 1.807) is 30.2 Å². The third-order valence-electron chi connectivity index (χ3n) is 2.10. The molecule has 0 fully saturated rings. The molecule has 5 heteroatoms. The number of rotatable bonds is 3. The average molecular weight is 308 g/mol. The van der Waals surface area contributed by atoms with Crippen molar-refractivity contribution in [2.75, 3.05) is 0 Å². The summed E-state index contributed by atoms with van der Waals surface area (Å²) in [5.74, 6) is 0.0601. The molecule has 2 aromatic rings. The van der Waals surface area contributed by atoms with E-state index in [4.69, 9.17) is 11.1 Å². The molecule has 1 heterocycles. The van der Waals surface area contributed by atoms with Gasteiger partial charge < -0.3 is 5.73 Å². The number of aromatic nitrogens is 1. The Hall–Kier alpha value is -1.33. The molecule has 0 saturated heterocycles. The monoisotopic (exact) mass is 307 g/mol. The molecule has 0 unspecified atom stereocenters. The maximum Gasteiger partial charge on any atom is 0.124 e. The Labute approximate surface area is 112 Å². The van der Waals surface area contributed by atoms with Crippen molar-refractivity contribution < 1.29 is 0 Å². The van der Waals surface area contributed by atoms with Crippen molar-refractivity contribution in [2.24, 2.45) is 5.73 Å². The Kier molecular flexibility index (Phi) is 3.81. The Bertz CT molecular complexity index is 557. The quantitative estimate of drug-likeness (QED) is 0.675. The van der Waals surface area contributed by atoms with E-state index >= 15 is 0 Å². The van der Waals surface area contributed by atoms with E-state index in [2.05, 4.69) is 20.9 Å². The van der Waals surface area contributed by atoms with Crippen molar-refractivity contribution in [2.45, 2.75) is 9.79 Å². The van der Waals surface area contributed by atoms with E-state index < -0.39 is 0 Å². The summed E-state index contributed by atoms with van der Waals surface area (Å²) in [5, 5.41) is 7.51. The molecular formula is C12H10BrN3S. The Balaban J connectivity index is 2.33. The maximum absolute atomic E-state index is 7.51. The number of pyridine rings is 1. The van der Waals surface area contributed by atoms with Crippen LogP contribution in [0.15, 0.2) is 57.0 Å². The lowest BCUT2D eigenvalue weighted by Gasteiger charge is -2.06. The number of nitrogen functional groups attached to an aromatic ring is 1. The van der Waals surface area contributed by atoms with Gasteiger partial charge in [-0.2, -0.15) is 0 Å². The molecule has 0 spiro atoms. The number of hydrogen-bond donors (Lipinski definition) is 2. The van der Waals surface area contributed by atoms with Gasteiger partial charge in [-0.25, -0.2) is 0 Å². The number of hydrogen-bond acceptors (Lipinski definition) is 3. The van der Waals surface area contributed by atoms with Gasteiger partial charge >= 0.3 is 0 Å². The van der Waals surface area contributed by atoms with E-state index in [0.717, 1.165) is 14.3 Å². The fraction of sp³-hybridized carbons (Fsp3) is 0. The summed E-state index contributed by atoms with van der Waals surface area (Å²) in [6, 6.07) is 9.71. The van der Waals surface area contributed by atoms with Crippen LogP contribution in [-0.4, -0.2) is 10.8 Å².